The summed E-state index contributed by atoms with van der Waals surface area (Å²) < 4.78 is 18.8. The number of methoxy groups -OCH3 is 1. The Hall–Kier alpha value is -2.89. The van der Waals surface area contributed by atoms with E-state index >= 15 is 0 Å². The molecule has 0 radical (unpaired) electrons. The van der Waals surface area contributed by atoms with Crippen LogP contribution in [-0.4, -0.2) is 36.0 Å². The van der Waals surface area contributed by atoms with Crippen molar-refractivity contribution in [2.45, 2.75) is 19.4 Å². The van der Waals surface area contributed by atoms with E-state index in [0.29, 0.717) is 5.56 Å². The van der Waals surface area contributed by atoms with E-state index in [2.05, 4.69) is 0 Å². The number of carboxylic acid groups (broad SMARTS) is 1. The molecule has 0 aliphatic heterocycles. The van der Waals surface area contributed by atoms with Gasteiger partial charge < -0.3 is 14.7 Å². The van der Waals surface area contributed by atoms with Gasteiger partial charge in [-0.1, -0.05) is 18.2 Å². The van der Waals surface area contributed by atoms with Crippen molar-refractivity contribution in [2.24, 2.45) is 0 Å². The maximum Gasteiger partial charge on any atom is 0.338 e. The fourth-order valence-corrected chi connectivity index (χ4v) is 2.46. The van der Waals surface area contributed by atoms with Crippen molar-refractivity contribution in [2.75, 3.05) is 14.2 Å². The monoisotopic (exact) mass is 345 g/mol. The van der Waals surface area contributed by atoms with Crippen LogP contribution < -0.4 is 4.74 Å². The molecule has 0 bridgehead atoms. The third kappa shape index (κ3) is 4.35. The van der Waals surface area contributed by atoms with E-state index in [-0.39, 0.29) is 18.4 Å². The maximum atomic E-state index is 13.7. The molecular weight excluding hydrogens is 325 g/mol. The van der Waals surface area contributed by atoms with Gasteiger partial charge in [-0.05, 0) is 42.3 Å². The van der Waals surface area contributed by atoms with Gasteiger partial charge in [0.2, 0.25) is 5.91 Å². The molecule has 1 unspecified atom stereocenters. The van der Waals surface area contributed by atoms with Gasteiger partial charge in [-0.15, -0.1) is 0 Å². The van der Waals surface area contributed by atoms with Crippen molar-refractivity contribution in [1.82, 2.24) is 4.90 Å². The first-order valence-corrected chi connectivity index (χ1v) is 7.74. The van der Waals surface area contributed by atoms with Crippen LogP contribution in [0.3, 0.4) is 0 Å². The van der Waals surface area contributed by atoms with E-state index in [1.54, 1.807) is 19.1 Å². The zero-order valence-corrected chi connectivity index (χ0v) is 14.3. The lowest BCUT2D eigenvalue weighted by atomic mass is 10.0. The van der Waals surface area contributed by atoms with Crippen molar-refractivity contribution in [3.63, 3.8) is 0 Å². The van der Waals surface area contributed by atoms with Crippen LogP contribution in [0, 0.1) is 5.82 Å². The summed E-state index contributed by atoms with van der Waals surface area (Å²) in [6, 6.07) is 11.0. The molecule has 0 aliphatic rings. The third-order valence-corrected chi connectivity index (χ3v) is 4.19. The third-order valence-electron chi connectivity index (χ3n) is 4.19. The molecule has 0 saturated carbocycles. The van der Waals surface area contributed by atoms with Crippen LogP contribution in [0.2, 0.25) is 0 Å². The molecule has 1 N–H and O–H groups in total. The fourth-order valence-electron chi connectivity index (χ4n) is 2.46. The van der Waals surface area contributed by atoms with Gasteiger partial charge in [-0.25, -0.2) is 9.18 Å². The van der Waals surface area contributed by atoms with Crippen LogP contribution in [0.1, 0.15) is 34.5 Å². The number of carbonyl (C=O) groups is 2. The van der Waals surface area contributed by atoms with E-state index in [1.165, 1.54) is 12.1 Å². The summed E-state index contributed by atoms with van der Waals surface area (Å²) in [6.45, 7) is 1.90. The van der Waals surface area contributed by atoms with Crippen LogP contribution in [0.15, 0.2) is 42.5 Å². The molecule has 25 heavy (non-hydrogen) atoms. The lowest BCUT2D eigenvalue weighted by molar-refractivity contribution is -0.131. The molecular formula is C19H20FNO4. The molecule has 6 heteroatoms. The van der Waals surface area contributed by atoms with E-state index in [9.17, 15) is 14.0 Å². The number of carbonyl (C=O) groups excluding carboxylic acids is 1. The van der Waals surface area contributed by atoms with E-state index in [1.807, 2.05) is 31.2 Å². The molecule has 0 heterocycles. The summed E-state index contributed by atoms with van der Waals surface area (Å²) in [5, 5.41) is 8.84. The highest BCUT2D eigenvalue weighted by Gasteiger charge is 2.19. The number of benzene rings is 2. The van der Waals surface area contributed by atoms with Crippen LogP contribution >= 0.6 is 0 Å². The summed E-state index contributed by atoms with van der Waals surface area (Å²) in [5.41, 5.74) is 0.974. The predicted octanol–water partition coefficient (Wildman–Crippen LogP) is 3.29. The highest BCUT2D eigenvalue weighted by molar-refractivity contribution is 5.88. The van der Waals surface area contributed by atoms with Gasteiger partial charge in [0.05, 0.1) is 25.1 Å². The van der Waals surface area contributed by atoms with Gasteiger partial charge in [0, 0.05) is 7.05 Å². The van der Waals surface area contributed by atoms with Gasteiger partial charge >= 0.3 is 5.97 Å². The molecule has 0 aliphatic carbocycles. The number of nitrogens with zero attached hydrogens (tertiary/aromatic N) is 1. The number of ether oxygens (including phenoxy) is 1. The number of hydrogen-bond donors (Lipinski definition) is 1. The minimum atomic E-state index is -1.33. The van der Waals surface area contributed by atoms with Crippen molar-refractivity contribution >= 4 is 11.9 Å². The Labute approximate surface area is 145 Å². The number of rotatable bonds is 6. The Kier molecular flexibility index (Phi) is 5.75. The summed E-state index contributed by atoms with van der Waals surface area (Å²) in [4.78, 5) is 24.8. The predicted molar refractivity (Wildman–Crippen MR) is 91.2 cm³/mol. The quantitative estimate of drug-likeness (QED) is 0.872. The number of carboxylic acids is 1. The zero-order valence-electron chi connectivity index (χ0n) is 14.3. The second-order valence-corrected chi connectivity index (χ2v) is 5.75. The molecule has 5 nitrogen and oxygen atoms in total. The lowest BCUT2D eigenvalue weighted by Crippen LogP contribution is -2.31. The Morgan fingerprint density at radius 2 is 1.84 bits per heavy atom. The summed E-state index contributed by atoms with van der Waals surface area (Å²) >= 11 is 0. The molecule has 132 valence electrons. The Morgan fingerprint density at radius 3 is 2.36 bits per heavy atom. The molecule has 0 saturated heterocycles. The first kappa shape index (κ1) is 18.4. The number of amides is 1. The van der Waals surface area contributed by atoms with Crippen LogP contribution in [0.5, 0.6) is 5.75 Å². The summed E-state index contributed by atoms with van der Waals surface area (Å²) in [7, 11) is 3.27. The first-order chi connectivity index (χ1) is 11.8. The molecule has 0 spiro atoms. The molecule has 2 aromatic rings. The SMILES string of the molecule is COc1ccc(C(C)N(C)C(=O)Cc2ccc(C(=O)O)c(F)c2)cc1. The first-order valence-electron chi connectivity index (χ1n) is 7.74. The van der Waals surface area contributed by atoms with Crippen molar-refractivity contribution in [3.05, 3.63) is 65.0 Å². The van der Waals surface area contributed by atoms with Crippen molar-refractivity contribution in [3.8, 4) is 5.75 Å². The fraction of sp³-hybridized carbons (Fsp3) is 0.263. The van der Waals surface area contributed by atoms with Crippen molar-refractivity contribution < 1.29 is 23.8 Å². The lowest BCUT2D eigenvalue weighted by Gasteiger charge is -2.25. The average molecular weight is 345 g/mol. The minimum absolute atomic E-state index is 0.00614. The molecule has 0 fully saturated rings. The minimum Gasteiger partial charge on any atom is -0.497 e. The second kappa shape index (κ2) is 7.79. The molecule has 2 aromatic carbocycles. The Bertz CT molecular complexity index is 773. The van der Waals surface area contributed by atoms with Crippen LogP contribution in [-0.2, 0) is 11.2 Å². The Morgan fingerprint density at radius 1 is 1.20 bits per heavy atom. The topological polar surface area (TPSA) is 66.8 Å². The molecule has 1 atom stereocenters. The van der Waals surface area contributed by atoms with Gasteiger partial charge in [-0.3, -0.25) is 4.79 Å². The van der Waals surface area contributed by atoms with E-state index in [4.69, 9.17) is 9.84 Å². The van der Waals surface area contributed by atoms with Crippen molar-refractivity contribution in [1.29, 1.82) is 0 Å². The van der Waals surface area contributed by atoms with Gasteiger partial charge in [0.25, 0.3) is 0 Å². The number of hydrogen-bond acceptors (Lipinski definition) is 3. The van der Waals surface area contributed by atoms with Crippen LogP contribution in [0.25, 0.3) is 0 Å². The highest BCUT2D eigenvalue weighted by atomic mass is 19.1. The maximum absolute atomic E-state index is 13.7. The molecule has 2 rings (SSSR count). The molecule has 1 amide bonds. The smallest absolute Gasteiger partial charge is 0.338 e. The number of halogens is 1. The number of likely N-dealkylation sites (N-methyl/N-ethyl adjacent to an activating group) is 1. The van der Waals surface area contributed by atoms with Gasteiger partial charge in [0.15, 0.2) is 0 Å². The summed E-state index contributed by atoms with van der Waals surface area (Å²) in [5.74, 6) is -1.63. The normalized spacial score (nSPS) is 11.7. The van der Waals surface area contributed by atoms with Crippen LogP contribution in [0.4, 0.5) is 4.39 Å². The highest BCUT2D eigenvalue weighted by Crippen LogP contribution is 2.22. The standard InChI is InChI=1S/C19H20FNO4/c1-12(14-5-7-15(25-3)8-6-14)21(2)18(22)11-13-4-9-16(19(23)24)17(20)10-13/h4-10,12H,11H2,1-3H3,(H,23,24). The van der Waals surface area contributed by atoms with Gasteiger partial charge in [-0.2, -0.15) is 0 Å². The molecule has 0 aromatic heterocycles. The van der Waals surface area contributed by atoms with E-state index in [0.717, 1.165) is 17.4 Å². The average Bonchev–Trinajstić information content (AvgIpc) is 2.60. The second-order valence-electron chi connectivity index (χ2n) is 5.75. The Balaban J connectivity index is 2.08. The van der Waals surface area contributed by atoms with Gasteiger partial charge in [0.1, 0.15) is 11.6 Å². The number of aromatic carboxylic acids is 1. The van der Waals surface area contributed by atoms with E-state index < -0.39 is 17.3 Å². The largest absolute Gasteiger partial charge is 0.497 e. The summed E-state index contributed by atoms with van der Waals surface area (Å²) in [6.07, 6.45) is -0.00614. The zero-order chi connectivity index (χ0) is 18.6.